The lowest BCUT2D eigenvalue weighted by atomic mass is 10.3. The number of carbonyl (C=O) groups is 1. The molecule has 6 heteroatoms. The first-order valence-electron chi connectivity index (χ1n) is 4.87. The summed E-state index contributed by atoms with van der Waals surface area (Å²) in [6.07, 6.45) is 3.56. The van der Waals surface area contributed by atoms with Crippen LogP contribution in [0, 0.1) is 0 Å². The zero-order valence-electron chi connectivity index (χ0n) is 9.01. The van der Waals surface area contributed by atoms with Gasteiger partial charge in [0.05, 0.1) is 10.6 Å². The van der Waals surface area contributed by atoms with Crippen LogP contribution >= 0.6 is 24.0 Å². The maximum absolute atomic E-state index is 11.8. The molecule has 1 fully saturated rings. The van der Waals surface area contributed by atoms with Gasteiger partial charge in [-0.3, -0.25) is 14.4 Å². The molecule has 0 bridgehead atoms. The number of rotatable bonds is 2. The van der Waals surface area contributed by atoms with E-state index < -0.39 is 0 Å². The highest BCUT2D eigenvalue weighted by molar-refractivity contribution is 8.26. The van der Waals surface area contributed by atoms with Gasteiger partial charge in [-0.1, -0.05) is 24.0 Å². The zero-order chi connectivity index (χ0) is 11.7. The first-order chi connectivity index (χ1) is 7.63. The van der Waals surface area contributed by atoms with Crippen molar-refractivity contribution in [2.75, 3.05) is 7.05 Å². The van der Waals surface area contributed by atoms with Crippen molar-refractivity contribution in [2.24, 2.45) is 0 Å². The molecule has 1 aliphatic rings. The Morgan fingerprint density at radius 1 is 1.62 bits per heavy atom. The second-order valence-corrected chi connectivity index (χ2v) is 4.99. The average Bonchev–Trinajstić information content (AvgIpc) is 2.81. The van der Waals surface area contributed by atoms with E-state index in [0.29, 0.717) is 9.23 Å². The molecule has 0 unspecified atom stereocenters. The normalized spacial score (nSPS) is 18.9. The minimum absolute atomic E-state index is 0.0427. The van der Waals surface area contributed by atoms with Crippen molar-refractivity contribution in [3.63, 3.8) is 0 Å². The molecule has 2 heterocycles. The molecule has 1 aromatic heterocycles. The Bertz CT molecular complexity index is 478. The highest BCUT2D eigenvalue weighted by Crippen LogP contribution is 2.31. The minimum Gasteiger partial charge on any atom is -0.296 e. The van der Waals surface area contributed by atoms with Gasteiger partial charge in [-0.2, -0.15) is 5.10 Å². The Kier molecular flexibility index (Phi) is 3.11. The van der Waals surface area contributed by atoms with Gasteiger partial charge in [0, 0.05) is 19.8 Å². The van der Waals surface area contributed by atoms with Gasteiger partial charge in [0.2, 0.25) is 0 Å². The molecule has 0 aromatic carbocycles. The van der Waals surface area contributed by atoms with Crippen LogP contribution in [0.4, 0.5) is 0 Å². The molecule has 0 atom stereocenters. The van der Waals surface area contributed by atoms with Gasteiger partial charge in [-0.25, -0.2) is 0 Å². The number of thiocarbonyl (C=S) groups is 1. The lowest BCUT2D eigenvalue weighted by molar-refractivity contribution is -0.121. The summed E-state index contributed by atoms with van der Waals surface area (Å²) in [4.78, 5) is 13.9. The standard InChI is InChI=1S/C10H11N3OS2/c1-3-13-7(4-5-11-13)6-8-9(14)12(2)10(15)16-8/h4-6H,3H2,1-2H3. The van der Waals surface area contributed by atoms with E-state index in [0.717, 1.165) is 12.2 Å². The smallest absolute Gasteiger partial charge is 0.265 e. The maximum atomic E-state index is 11.8. The molecular weight excluding hydrogens is 242 g/mol. The summed E-state index contributed by atoms with van der Waals surface area (Å²) in [5, 5.41) is 4.14. The van der Waals surface area contributed by atoms with E-state index in [1.54, 1.807) is 13.2 Å². The van der Waals surface area contributed by atoms with Crippen LogP contribution in [0.5, 0.6) is 0 Å². The van der Waals surface area contributed by atoms with E-state index in [1.165, 1.54) is 16.7 Å². The van der Waals surface area contributed by atoms with Crippen LogP contribution in [0.1, 0.15) is 12.6 Å². The average molecular weight is 253 g/mol. The van der Waals surface area contributed by atoms with E-state index in [9.17, 15) is 4.79 Å². The maximum Gasteiger partial charge on any atom is 0.265 e. The number of hydrogen-bond acceptors (Lipinski definition) is 4. The van der Waals surface area contributed by atoms with Crippen LogP contribution in [0.15, 0.2) is 17.2 Å². The lowest BCUT2D eigenvalue weighted by Gasteiger charge is -2.03. The van der Waals surface area contributed by atoms with E-state index >= 15 is 0 Å². The molecule has 16 heavy (non-hydrogen) atoms. The van der Waals surface area contributed by atoms with Gasteiger partial charge < -0.3 is 0 Å². The molecule has 1 amide bonds. The van der Waals surface area contributed by atoms with E-state index in [1.807, 2.05) is 23.7 Å². The summed E-state index contributed by atoms with van der Waals surface area (Å²) in [5.74, 6) is -0.0427. The Morgan fingerprint density at radius 2 is 2.38 bits per heavy atom. The molecule has 84 valence electrons. The number of thioether (sulfide) groups is 1. The van der Waals surface area contributed by atoms with Crippen molar-refractivity contribution in [3.8, 4) is 0 Å². The van der Waals surface area contributed by atoms with Crippen LogP contribution in [-0.2, 0) is 11.3 Å². The molecule has 0 N–H and O–H groups in total. The van der Waals surface area contributed by atoms with Crippen LogP contribution in [0.25, 0.3) is 6.08 Å². The second-order valence-electron chi connectivity index (χ2n) is 3.31. The number of hydrogen-bond donors (Lipinski definition) is 0. The topological polar surface area (TPSA) is 38.1 Å². The number of amides is 1. The van der Waals surface area contributed by atoms with Crippen molar-refractivity contribution >= 4 is 40.3 Å². The molecule has 0 saturated carbocycles. The fourth-order valence-corrected chi connectivity index (χ4v) is 2.57. The monoisotopic (exact) mass is 253 g/mol. The molecule has 1 aliphatic heterocycles. The number of aryl methyl sites for hydroxylation is 1. The first-order valence-corrected chi connectivity index (χ1v) is 6.09. The van der Waals surface area contributed by atoms with Gasteiger partial charge >= 0.3 is 0 Å². The highest BCUT2D eigenvalue weighted by Gasteiger charge is 2.28. The SMILES string of the molecule is CCn1nccc1C=C1SC(=S)N(C)C1=O. The first kappa shape index (κ1) is 11.3. The van der Waals surface area contributed by atoms with Gasteiger partial charge in [-0.15, -0.1) is 0 Å². The summed E-state index contributed by atoms with van der Waals surface area (Å²) < 4.78 is 2.43. The molecule has 4 nitrogen and oxygen atoms in total. The van der Waals surface area contributed by atoms with Crippen LogP contribution < -0.4 is 0 Å². The Morgan fingerprint density at radius 3 is 2.94 bits per heavy atom. The van der Waals surface area contributed by atoms with Crippen molar-refractivity contribution in [1.29, 1.82) is 0 Å². The Balaban J connectivity index is 2.32. The fraction of sp³-hybridized carbons (Fsp3) is 0.300. The summed E-state index contributed by atoms with van der Waals surface area (Å²) >= 11 is 6.38. The fourth-order valence-electron chi connectivity index (χ4n) is 1.41. The minimum atomic E-state index is -0.0427. The third kappa shape index (κ3) is 1.90. The van der Waals surface area contributed by atoms with Gasteiger partial charge in [-0.05, 0) is 19.1 Å². The quantitative estimate of drug-likeness (QED) is 0.594. The van der Waals surface area contributed by atoms with Crippen molar-refractivity contribution in [1.82, 2.24) is 14.7 Å². The Hall–Kier alpha value is -1.14. The van der Waals surface area contributed by atoms with Gasteiger partial charge in [0.15, 0.2) is 0 Å². The van der Waals surface area contributed by atoms with Crippen molar-refractivity contribution in [2.45, 2.75) is 13.5 Å². The number of likely N-dealkylation sites (N-methyl/N-ethyl adjacent to an activating group) is 1. The Labute approximate surface area is 103 Å². The van der Waals surface area contributed by atoms with Crippen LogP contribution in [0.3, 0.4) is 0 Å². The van der Waals surface area contributed by atoms with Gasteiger partial charge in [0.25, 0.3) is 5.91 Å². The predicted molar refractivity (Wildman–Crippen MR) is 68.8 cm³/mol. The van der Waals surface area contributed by atoms with Crippen LogP contribution in [-0.4, -0.2) is 32.0 Å². The summed E-state index contributed by atoms with van der Waals surface area (Å²) in [7, 11) is 1.69. The van der Waals surface area contributed by atoms with Gasteiger partial charge in [0.1, 0.15) is 4.32 Å². The van der Waals surface area contributed by atoms with Crippen LogP contribution in [0.2, 0.25) is 0 Å². The summed E-state index contributed by atoms with van der Waals surface area (Å²) in [6.45, 7) is 2.79. The van der Waals surface area contributed by atoms with Crippen molar-refractivity contribution < 1.29 is 4.79 Å². The largest absolute Gasteiger partial charge is 0.296 e. The number of nitrogens with zero attached hydrogens (tertiary/aromatic N) is 3. The third-order valence-electron chi connectivity index (χ3n) is 2.31. The zero-order valence-corrected chi connectivity index (χ0v) is 10.6. The molecule has 0 aliphatic carbocycles. The van der Waals surface area contributed by atoms with E-state index in [-0.39, 0.29) is 5.91 Å². The lowest BCUT2D eigenvalue weighted by Crippen LogP contribution is -2.22. The van der Waals surface area contributed by atoms with E-state index in [2.05, 4.69) is 5.10 Å². The number of carbonyl (C=O) groups excluding carboxylic acids is 1. The molecular formula is C10H11N3OS2. The highest BCUT2D eigenvalue weighted by atomic mass is 32.2. The molecule has 1 saturated heterocycles. The van der Waals surface area contributed by atoms with E-state index in [4.69, 9.17) is 12.2 Å². The molecule has 0 radical (unpaired) electrons. The molecule has 2 rings (SSSR count). The summed E-state index contributed by atoms with van der Waals surface area (Å²) in [5.41, 5.74) is 0.927. The molecule has 1 aromatic rings. The summed E-state index contributed by atoms with van der Waals surface area (Å²) in [6, 6.07) is 1.88. The second kappa shape index (κ2) is 4.39. The molecule has 0 spiro atoms. The third-order valence-corrected chi connectivity index (χ3v) is 3.80. The van der Waals surface area contributed by atoms with Crippen molar-refractivity contribution in [3.05, 3.63) is 22.9 Å². The number of aromatic nitrogens is 2. The predicted octanol–water partition coefficient (Wildman–Crippen LogP) is 1.73.